The zero-order valence-corrected chi connectivity index (χ0v) is 13.2. The highest BCUT2D eigenvalue weighted by atomic mass is 35.5. The number of rotatable bonds is 7. The first-order valence-electron chi connectivity index (χ1n) is 6.58. The third kappa shape index (κ3) is 3.46. The van der Waals surface area contributed by atoms with Gasteiger partial charge in [-0.3, -0.25) is 0 Å². The Bertz CT molecular complexity index is 559. The van der Waals surface area contributed by atoms with Crippen molar-refractivity contribution in [3.63, 3.8) is 0 Å². The van der Waals surface area contributed by atoms with Crippen molar-refractivity contribution < 1.29 is 4.74 Å². The third-order valence-electron chi connectivity index (χ3n) is 2.77. The minimum atomic E-state index is 0.631. The molecule has 2 rings (SSSR count). The van der Waals surface area contributed by atoms with Crippen LogP contribution in [0.3, 0.4) is 0 Å². The number of alkyl halides is 1. The Labute approximate surface area is 128 Å². The molecule has 0 amide bonds. The SMILES string of the molecule is CCOc1ccccc1-c1nnc(SCCCCl)n1C. The quantitative estimate of drug-likeness (QED) is 0.445. The van der Waals surface area contributed by atoms with E-state index >= 15 is 0 Å². The summed E-state index contributed by atoms with van der Waals surface area (Å²) in [6.45, 7) is 2.60. The summed E-state index contributed by atoms with van der Waals surface area (Å²) in [5.74, 6) is 3.28. The molecule has 2 aromatic rings. The number of hydrogen-bond donors (Lipinski definition) is 0. The fraction of sp³-hybridized carbons (Fsp3) is 0.429. The van der Waals surface area contributed by atoms with Crippen LogP contribution in [-0.4, -0.2) is 33.0 Å². The Kier molecular flexibility index (Phi) is 5.73. The second kappa shape index (κ2) is 7.55. The molecule has 0 aliphatic heterocycles. The van der Waals surface area contributed by atoms with Crippen molar-refractivity contribution in [2.24, 2.45) is 7.05 Å². The van der Waals surface area contributed by atoms with E-state index in [1.165, 1.54) is 0 Å². The summed E-state index contributed by atoms with van der Waals surface area (Å²) in [6.07, 6.45) is 0.962. The third-order valence-corrected chi connectivity index (χ3v) is 4.15. The lowest BCUT2D eigenvalue weighted by Crippen LogP contribution is -1.99. The molecule has 0 saturated carbocycles. The minimum Gasteiger partial charge on any atom is -0.493 e. The van der Waals surface area contributed by atoms with E-state index in [0.717, 1.165) is 34.5 Å². The monoisotopic (exact) mass is 311 g/mol. The molecule has 0 unspecified atom stereocenters. The predicted octanol–water partition coefficient (Wildman–Crippen LogP) is 3.60. The Morgan fingerprint density at radius 3 is 2.85 bits per heavy atom. The van der Waals surface area contributed by atoms with Gasteiger partial charge in [0.15, 0.2) is 11.0 Å². The van der Waals surface area contributed by atoms with E-state index in [1.807, 2.05) is 42.8 Å². The molecule has 0 spiro atoms. The number of para-hydroxylation sites is 1. The van der Waals surface area contributed by atoms with Gasteiger partial charge in [0, 0.05) is 18.7 Å². The Morgan fingerprint density at radius 1 is 1.30 bits per heavy atom. The first-order valence-corrected chi connectivity index (χ1v) is 8.10. The number of halogens is 1. The van der Waals surface area contributed by atoms with Gasteiger partial charge in [0.2, 0.25) is 0 Å². The molecule has 1 aromatic heterocycles. The molecule has 0 radical (unpaired) electrons. The van der Waals surface area contributed by atoms with Crippen molar-refractivity contribution in [2.75, 3.05) is 18.2 Å². The lowest BCUT2D eigenvalue weighted by Gasteiger charge is -2.09. The topological polar surface area (TPSA) is 39.9 Å². The normalized spacial score (nSPS) is 10.8. The maximum absolute atomic E-state index is 5.69. The maximum atomic E-state index is 5.69. The van der Waals surface area contributed by atoms with Crippen LogP contribution in [0, 0.1) is 0 Å². The van der Waals surface area contributed by atoms with Crippen LogP contribution in [0.2, 0.25) is 0 Å². The van der Waals surface area contributed by atoms with E-state index < -0.39 is 0 Å². The van der Waals surface area contributed by atoms with Gasteiger partial charge in [-0.15, -0.1) is 21.8 Å². The van der Waals surface area contributed by atoms with Gasteiger partial charge in [0.05, 0.1) is 12.2 Å². The average molecular weight is 312 g/mol. The van der Waals surface area contributed by atoms with Crippen LogP contribution in [0.5, 0.6) is 5.75 Å². The van der Waals surface area contributed by atoms with Crippen LogP contribution in [0.15, 0.2) is 29.4 Å². The van der Waals surface area contributed by atoms with Crippen LogP contribution in [0.4, 0.5) is 0 Å². The molecule has 0 fully saturated rings. The molecule has 1 aromatic carbocycles. The van der Waals surface area contributed by atoms with Crippen molar-refractivity contribution in [3.05, 3.63) is 24.3 Å². The van der Waals surface area contributed by atoms with E-state index in [4.69, 9.17) is 16.3 Å². The predicted molar refractivity (Wildman–Crippen MR) is 83.7 cm³/mol. The van der Waals surface area contributed by atoms with E-state index in [2.05, 4.69) is 10.2 Å². The lowest BCUT2D eigenvalue weighted by atomic mass is 10.2. The fourth-order valence-electron chi connectivity index (χ4n) is 1.83. The molecule has 0 aliphatic rings. The van der Waals surface area contributed by atoms with Gasteiger partial charge in [-0.2, -0.15) is 0 Å². The first kappa shape index (κ1) is 15.2. The molecule has 0 saturated heterocycles. The summed E-state index contributed by atoms with van der Waals surface area (Å²) in [4.78, 5) is 0. The van der Waals surface area contributed by atoms with Gasteiger partial charge in [0.25, 0.3) is 0 Å². The number of nitrogens with zero attached hydrogens (tertiary/aromatic N) is 3. The van der Waals surface area contributed by atoms with Crippen LogP contribution in [0.1, 0.15) is 13.3 Å². The number of thioether (sulfide) groups is 1. The smallest absolute Gasteiger partial charge is 0.191 e. The number of benzene rings is 1. The maximum Gasteiger partial charge on any atom is 0.191 e. The Morgan fingerprint density at radius 2 is 2.10 bits per heavy atom. The van der Waals surface area contributed by atoms with E-state index in [1.54, 1.807) is 11.8 Å². The van der Waals surface area contributed by atoms with Crippen molar-refractivity contribution >= 4 is 23.4 Å². The largest absolute Gasteiger partial charge is 0.493 e. The molecule has 1 heterocycles. The van der Waals surface area contributed by atoms with Crippen LogP contribution < -0.4 is 4.74 Å². The van der Waals surface area contributed by atoms with Crippen molar-refractivity contribution in [1.29, 1.82) is 0 Å². The molecule has 0 N–H and O–H groups in total. The van der Waals surface area contributed by atoms with Gasteiger partial charge >= 0.3 is 0 Å². The average Bonchev–Trinajstić information content (AvgIpc) is 2.82. The highest BCUT2D eigenvalue weighted by molar-refractivity contribution is 7.99. The first-order chi connectivity index (χ1) is 9.77. The number of hydrogen-bond acceptors (Lipinski definition) is 4. The molecular formula is C14H18ClN3OS. The van der Waals surface area contributed by atoms with Crippen molar-refractivity contribution in [3.8, 4) is 17.1 Å². The molecule has 4 nitrogen and oxygen atoms in total. The summed E-state index contributed by atoms with van der Waals surface area (Å²) in [7, 11) is 1.97. The zero-order chi connectivity index (χ0) is 14.4. The standard InChI is InChI=1S/C14H18ClN3OS/c1-3-19-12-8-5-4-7-11(12)13-16-17-14(18(13)2)20-10-6-9-15/h4-5,7-8H,3,6,9-10H2,1-2H3. The zero-order valence-electron chi connectivity index (χ0n) is 11.7. The highest BCUT2D eigenvalue weighted by Gasteiger charge is 2.14. The van der Waals surface area contributed by atoms with E-state index in [0.29, 0.717) is 12.5 Å². The van der Waals surface area contributed by atoms with Gasteiger partial charge in [-0.1, -0.05) is 23.9 Å². The van der Waals surface area contributed by atoms with Crippen molar-refractivity contribution in [2.45, 2.75) is 18.5 Å². The summed E-state index contributed by atoms with van der Waals surface area (Å²) < 4.78 is 7.65. The molecule has 0 bridgehead atoms. The van der Waals surface area contributed by atoms with E-state index in [-0.39, 0.29) is 0 Å². The van der Waals surface area contributed by atoms with Gasteiger partial charge in [0.1, 0.15) is 5.75 Å². The van der Waals surface area contributed by atoms with Crippen LogP contribution in [-0.2, 0) is 7.05 Å². The van der Waals surface area contributed by atoms with Gasteiger partial charge in [-0.05, 0) is 25.5 Å². The summed E-state index contributed by atoms with van der Waals surface area (Å²) in [5.41, 5.74) is 0.966. The second-order valence-corrected chi connectivity index (χ2v) is 5.63. The van der Waals surface area contributed by atoms with Gasteiger partial charge in [-0.25, -0.2) is 0 Å². The second-order valence-electron chi connectivity index (χ2n) is 4.19. The molecule has 0 atom stereocenters. The molecule has 6 heteroatoms. The molecule has 20 heavy (non-hydrogen) atoms. The highest BCUT2D eigenvalue weighted by Crippen LogP contribution is 2.30. The van der Waals surface area contributed by atoms with Crippen molar-refractivity contribution in [1.82, 2.24) is 14.8 Å². The summed E-state index contributed by atoms with van der Waals surface area (Å²) >= 11 is 7.36. The summed E-state index contributed by atoms with van der Waals surface area (Å²) in [5, 5.41) is 9.43. The summed E-state index contributed by atoms with van der Waals surface area (Å²) in [6, 6.07) is 7.89. The number of aromatic nitrogens is 3. The molecule has 108 valence electrons. The number of ether oxygens (including phenoxy) is 1. The Hall–Kier alpha value is -1.20. The minimum absolute atomic E-state index is 0.631. The lowest BCUT2D eigenvalue weighted by molar-refractivity contribution is 0.341. The molecule has 0 aliphatic carbocycles. The fourth-order valence-corrected chi connectivity index (χ4v) is 2.97. The van der Waals surface area contributed by atoms with Gasteiger partial charge < -0.3 is 9.30 Å². The Balaban J connectivity index is 2.25. The molecular weight excluding hydrogens is 294 g/mol. The van der Waals surface area contributed by atoms with Crippen LogP contribution >= 0.6 is 23.4 Å². The van der Waals surface area contributed by atoms with E-state index in [9.17, 15) is 0 Å². The van der Waals surface area contributed by atoms with Crippen LogP contribution in [0.25, 0.3) is 11.4 Å².